The van der Waals surface area contributed by atoms with Gasteiger partial charge in [-0.25, -0.2) is 22.1 Å². The summed E-state index contributed by atoms with van der Waals surface area (Å²) in [6.07, 6.45) is -0.837. The molecule has 1 aromatic rings. The van der Waals surface area contributed by atoms with Crippen molar-refractivity contribution >= 4 is 13.7 Å². The van der Waals surface area contributed by atoms with E-state index in [9.17, 15) is 31.3 Å². The number of halogens is 5. The zero-order valence-electron chi connectivity index (χ0n) is 17.9. The highest BCUT2D eigenvalue weighted by Crippen LogP contribution is 2.53. The van der Waals surface area contributed by atoms with Gasteiger partial charge in [-0.2, -0.15) is 9.48 Å². The summed E-state index contributed by atoms with van der Waals surface area (Å²) in [6, 6.07) is 7.18. The first-order chi connectivity index (χ1) is 16.1. The van der Waals surface area contributed by atoms with Gasteiger partial charge in [-0.1, -0.05) is 36.4 Å². The Morgan fingerprint density at radius 3 is 2.41 bits per heavy atom. The second-order valence-electron chi connectivity index (χ2n) is 7.35. The fraction of sp³-hybridized carbons (Fsp3) is 0.318. The first-order valence-electron chi connectivity index (χ1n) is 10.2. The van der Waals surface area contributed by atoms with Gasteiger partial charge in [0.25, 0.3) is 0 Å². The van der Waals surface area contributed by atoms with Crippen molar-refractivity contribution in [1.29, 1.82) is 0 Å². The Bertz CT molecular complexity index is 1090. The van der Waals surface area contributed by atoms with E-state index in [1.165, 1.54) is 19.1 Å². The Hall–Kier alpha value is -2.91. The molecule has 1 aromatic carbocycles. The molecule has 0 saturated carbocycles. The average Bonchev–Trinajstić information content (AvgIpc) is 2.84. The fourth-order valence-corrected chi connectivity index (χ4v) is 4.47. The maximum absolute atomic E-state index is 14.2. The van der Waals surface area contributed by atoms with Crippen LogP contribution in [0, 0.1) is 0 Å². The van der Waals surface area contributed by atoms with Gasteiger partial charge < -0.3 is 13.8 Å². The molecule has 0 aromatic heterocycles. The number of hydrogen-bond acceptors (Lipinski definition) is 5. The lowest BCUT2D eigenvalue weighted by atomic mass is 10.1. The van der Waals surface area contributed by atoms with E-state index in [0.29, 0.717) is 18.4 Å². The molecule has 0 radical (unpaired) electrons. The Balaban J connectivity index is 1.81. The molecule has 0 bridgehead atoms. The molecular formula is C22H21F5NO5P. The maximum Gasteiger partial charge on any atom is 0.513 e. The van der Waals surface area contributed by atoms with Gasteiger partial charge in [-0.05, 0) is 37.5 Å². The smallest absolute Gasteiger partial charge is 0.460 e. The van der Waals surface area contributed by atoms with Gasteiger partial charge in [-0.15, -0.1) is 0 Å². The number of allylic oxidation sites excluding steroid dienone is 6. The molecule has 1 N–H and O–H groups in total. The van der Waals surface area contributed by atoms with E-state index in [1.807, 2.05) is 0 Å². The quantitative estimate of drug-likeness (QED) is 0.248. The number of alkyl halides is 2. The molecule has 0 aliphatic heterocycles. The van der Waals surface area contributed by atoms with E-state index < -0.39 is 55.3 Å². The SMILES string of the molecule is C[C@H](NP(=O)(OC1=CCCC=C1)OC1=C(F)C(F)C(F)C(F)=C1F)C(=O)OCc1ccccc1. The highest BCUT2D eigenvalue weighted by molar-refractivity contribution is 7.52. The summed E-state index contributed by atoms with van der Waals surface area (Å²) in [7, 11) is -4.91. The van der Waals surface area contributed by atoms with Gasteiger partial charge in [0.15, 0.2) is 24.0 Å². The number of carbonyl (C=O) groups excluding carboxylic acids is 1. The normalized spacial score (nSPS) is 23.2. The first-order valence-corrected chi connectivity index (χ1v) is 11.7. The van der Waals surface area contributed by atoms with Gasteiger partial charge in [0.2, 0.25) is 11.6 Å². The topological polar surface area (TPSA) is 73.9 Å². The van der Waals surface area contributed by atoms with Crippen molar-refractivity contribution in [3.63, 3.8) is 0 Å². The number of nitrogens with one attached hydrogen (secondary N) is 1. The summed E-state index contributed by atoms with van der Waals surface area (Å²) in [5, 5.41) is 2.14. The molecule has 3 unspecified atom stereocenters. The number of rotatable bonds is 9. The molecule has 184 valence electrons. The third-order valence-corrected chi connectivity index (χ3v) is 6.27. The summed E-state index contributed by atoms with van der Waals surface area (Å²) in [4.78, 5) is 12.4. The minimum Gasteiger partial charge on any atom is -0.460 e. The average molecular weight is 505 g/mol. The second kappa shape index (κ2) is 11.0. The Morgan fingerprint density at radius 2 is 1.76 bits per heavy atom. The van der Waals surface area contributed by atoms with Crippen LogP contribution in [0.1, 0.15) is 25.3 Å². The van der Waals surface area contributed by atoms with Gasteiger partial charge in [0, 0.05) is 0 Å². The van der Waals surface area contributed by atoms with Crippen LogP contribution in [0.25, 0.3) is 0 Å². The first kappa shape index (κ1) is 25.7. The number of carbonyl (C=O) groups is 1. The number of hydrogen-bond donors (Lipinski definition) is 1. The third kappa shape index (κ3) is 6.15. The van der Waals surface area contributed by atoms with Crippen molar-refractivity contribution in [2.24, 2.45) is 0 Å². The van der Waals surface area contributed by atoms with Crippen LogP contribution >= 0.6 is 7.75 Å². The molecule has 0 saturated heterocycles. The predicted octanol–water partition coefficient (Wildman–Crippen LogP) is 6.10. The van der Waals surface area contributed by atoms with Crippen LogP contribution in [0.3, 0.4) is 0 Å². The van der Waals surface area contributed by atoms with Crippen molar-refractivity contribution in [1.82, 2.24) is 5.09 Å². The molecule has 3 rings (SSSR count). The maximum atomic E-state index is 14.2. The second-order valence-corrected chi connectivity index (χ2v) is 8.97. The number of ether oxygens (including phenoxy) is 1. The Labute approximate surface area is 192 Å². The lowest BCUT2D eigenvalue weighted by Gasteiger charge is -2.27. The van der Waals surface area contributed by atoms with Crippen molar-refractivity contribution in [3.8, 4) is 0 Å². The minimum absolute atomic E-state index is 0.0474. The molecule has 0 fully saturated rings. The molecule has 6 nitrogen and oxygen atoms in total. The van der Waals surface area contributed by atoms with Crippen LogP contribution in [0.5, 0.6) is 0 Å². The van der Waals surface area contributed by atoms with Gasteiger partial charge in [-0.3, -0.25) is 4.79 Å². The molecule has 0 amide bonds. The van der Waals surface area contributed by atoms with Crippen LogP contribution in [0.4, 0.5) is 22.0 Å². The Morgan fingerprint density at radius 1 is 1.09 bits per heavy atom. The zero-order valence-corrected chi connectivity index (χ0v) is 18.7. The molecule has 0 spiro atoms. The van der Waals surface area contributed by atoms with E-state index in [-0.39, 0.29) is 12.4 Å². The minimum atomic E-state index is -4.91. The standard InChI is InChI=1S/C22H21F5NO5P/c1-13(22(29)31-12-14-8-4-2-5-9-14)28-34(30,32-15-10-6-3-7-11-15)33-21-19(26)17(24)16(23)18(25)20(21)27/h2,4-6,8-11,13,16-17H,3,7,12H2,1H3,(H,28,30)/t13-,16?,17?,34?/m0/s1. The molecule has 2 aliphatic rings. The summed E-state index contributed by atoms with van der Waals surface area (Å²) in [5.41, 5.74) is 0.656. The molecule has 34 heavy (non-hydrogen) atoms. The summed E-state index contributed by atoms with van der Waals surface area (Å²) >= 11 is 0. The lowest BCUT2D eigenvalue weighted by Crippen LogP contribution is -2.34. The van der Waals surface area contributed by atoms with Crippen molar-refractivity contribution in [2.75, 3.05) is 0 Å². The van der Waals surface area contributed by atoms with Gasteiger partial charge in [0.05, 0.1) is 0 Å². The van der Waals surface area contributed by atoms with Gasteiger partial charge >= 0.3 is 13.7 Å². The van der Waals surface area contributed by atoms with E-state index in [1.54, 1.807) is 36.4 Å². The van der Waals surface area contributed by atoms with E-state index in [2.05, 4.69) is 5.09 Å². The van der Waals surface area contributed by atoms with E-state index in [0.717, 1.165) is 0 Å². The summed E-state index contributed by atoms with van der Waals surface area (Å²) in [5.74, 6) is -9.37. The monoisotopic (exact) mass is 505 g/mol. The van der Waals surface area contributed by atoms with Crippen molar-refractivity contribution in [2.45, 2.75) is 44.8 Å². The zero-order chi connectivity index (χ0) is 24.9. The summed E-state index contributed by atoms with van der Waals surface area (Å²) in [6.45, 7) is 1.07. The number of esters is 1. The molecule has 0 heterocycles. The third-order valence-electron chi connectivity index (χ3n) is 4.69. The largest absolute Gasteiger partial charge is 0.513 e. The number of benzene rings is 1. The van der Waals surface area contributed by atoms with Crippen LogP contribution in [-0.4, -0.2) is 24.4 Å². The predicted molar refractivity (Wildman–Crippen MR) is 112 cm³/mol. The molecule has 2 aliphatic carbocycles. The highest BCUT2D eigenvalue weighted by Gasteiger charge is 2.45. The van der Waals surface area contributed by atoms with Crippen molar-refractivity contribution < 1.29 is 45.1 Å². The van der Waals surface area contributed by atoms with E-state index in [4.69, 9.17) is 13.8 Å². The summed E-state index contributed by atoms with van der Waals surface area (Å²) < 4.78 is 97.7. The van der Waals surface area contributed by atoms with Gasteiger partial charge in [0.1, 0.15) is 18.4 Å². The van der Waals surface area contributed by atoms with Crippen LogP contribution in [0.15, 0.2) is 77.6 Å². The molecular weight excluding hydrogens is 484 g/mol. The lowest BCUT2D eigenvalue weighted by molar-refractivity contribution is -0.146. The molecule has 4 atom stereocenters. The van der Waals surface area contributed by atoms with Crippen LogP contribution < -0.4 is 5.09 Å². The van der Waals surface area contributed by atoms with E-state index >= 15 is 0 Å². The highest BCUT2D eigenvalue weighted by atomic mass is 31.2. The van der Waals surface area contributed by atoms with Crippen LogP contribution in [-0.2, 0) is 29.8 Å². The Kier molecular flexibility index (Phi) is 8.33. The van der Waals surface area contributed by atoms with Crippen molar-refractivity contribution in [3.05, 3.63) is 83.1 Å². The molecule has 12 heteroatoms. The van der Waals surface area contributed by atoms with Crippen LogP contribution in [0.2, 0.25) is 0 Å². The fourth-order valence-electron chi connectivity index (χ4n) is 2.93.